The maximum absolute atomic E-state index is 5.90. The highest BCUT2D eigenvalue weighted by molar-refractivity contribution is 9.11. The molecular formula is C15H14Br3NO2. The molecule has 0 atom stereocenters. The Morgan fingerprint density at radius 2 is 1.67 bits per heavy atom. The molecule has 0 radical (unpaired) electrons. The van der Waals surface area contributed by atoms with Gasteiger partial charge in [-0.15, -0.1) is 0 Å². The van der Waals surface area contributed by atoms with Crippen LogP contribution in [0.3, 0.4) is 0 Å². The van der Waals surface area contributed by atoms with Crippen molar-refractivity contribution in [2.75, 3.05) is 12.3 Å². The van der Waals surface area contributed by atoms with Crippen molar-refractivity contribution in [1.82, 2.24) is 0 Å². The quantitative estimate of drug-likeness (QED) is 0.573. The first kappa shape index (κ1) is 16.6. The number of rotatable bonds is 5. The zero-order chi connectivity index (χ0) is 15.4. The van der Waals surface area contributed by atoms with Crippen LogP contribution in [0.4, 0.5) is 5.69 Å². The van der Waals surface area contributed by atoms with Gasteiger partial charge in [0.2, 0.25) is 0 Å². The Kier molecular flexibility index (Phi) is 5.96. The Balaban J connectivity index is 2.22. The zero-order valence-electron chi connectivity index (χ0n) is 11.3. The molecule has 0 bridgehead atoms. The van der Waals surface area contributed by atoms with Crippen LogP contribution in [0.1, 0.15) is 12.5 Å². The average molecular weight is 480 g/mol. The summed E-state index contributed by atoms with van der Waals surface area (Å²) < 4.78 is 14.2. The highest BCUT2D eigenvalue weighted by atomic mass is 79.9. The van der Waals surface area contributed by atoms with Crippen molar-refractivity contribution in [2.24, 2.45) is 0 Å². The molecule has 0 saturated carbocycles. The topological polar surface area (TPSA) is 44.5 Å². The van der Waals surface area contributed by atoms with Crippen LogP contribution in [0, 0.1) is 0 Å². The molecule has 0 amide bonds. The molecular weight excluding hydrogens is 466 g/mol. The highest BCUT2D eigenvalue weighted by Gasteiger charge is 2.11. The summed E-state index contributed by atoms with van der Waals surface area (Å²) in [5.41, 5.74) is 7.44. The summed E-state index contributed by atoms with van der Waals surface area (Å²) in [5, 5.41) is 0. The van der Waals surface area contributed by atoms with Crippen LogP contribution in [-0.4, -0.2) is 6.61 Å². The van der Waals surface area contributed by atoms with E-state index < -0.39 is 0 Å². The van der Waals surface area contributed by atoms with Gasteiger partial charge in [0.15, 0.2) is 0 Å². The normalized spacial score (nSPS) is 10.5. The number of hydrogen-bond acceptors (Lipinski definition) is 3. The van der Waals surface area contributed by atoms with Crippen molar-refractivity contribution in [3.05, 3.63) is 49.3 Å². The monoisotopic (exact) mass is 477 g/mol. The van der Waals surface area contributed by atoms with E-state index in [0.717, 1.165) is 30.5 Å². The fourth-order valence-electron chi connectivity index (χ4n) is 1.83. The fraction of sp³-hybridized carbons (Fsp3) is 0.200. The Morgan fingerprint density at radius 1 is 1.00 bits per heavy atom. The van der Waals surface area contributed by atoms with Gasteiger partial charge in [-0.2, -0.15) is 0 Å². The summed E-state index contributed by atoms with van der Waals surface area (Å²) in [4.78, 5) is 0. The van der Waals surface area contributed by atoms with E-state index in [1.807, 2.05) is 37.3 Å². The molecule has 2 rings (SSSR count). The second kappa shape index (κ2) is 7.51. The van der Waals surface area contributed by atoms with Crippen molar-refractivity contribution in [3.8, 4) is 11.5 Å². The molecule has 0 unspecified atom stereocenters. The van der Waals surface area contributed by atoms with Gasteiger partial charge in [-0.25, -0.2) is 0 Å². The summed E-state index contributed by atoms with van der Waals surface area (Å²) in [7, 11) is 0. The van der Waals surface area contributed by atoms with Gasteiger partial charge in [-0.3, -0.25) is 0 Å². The van der Waals surface area contributed by atoms with Gasteiger partial charge < -0.3 is 15.2 Å². The predicted octanol–water partition coefficient (Wildman–Crippen LogP) is 5.53. The number of nitrogen functional groups attached to an aromatic ring is 1. The minimum absolute atomic E-state index is 0.374. The number of hydrogen-bond donors (Lipinski definition) is 1. The van der Waals surface area contributed by atoms with Gasteiger partial charge >= 0.3 is 0 Å². The first-order valence-corrected chi connectivity index (χ1v) is 8.67. The highest BCUT2D eigenvalue weighted by Crippen LogP contribution is 2.37. The first-order valence-electron chi connectivity index (χ1n) is 6.29. The number of nitrogens with two attached hydrogens (primary N) is 1. The van der Waals surface area contributed by atoms with Crippen molar-refractivity contribution in [1.29, 1.82) is 0 Å². The lowest BCUT2D eigenvalue weighted by Gasteiger charge is -2.14. The third-order valence-corrected chi connectivity index (χ3v) is 4.36. The molecule has 0 aliphatic carbocycles. The first-order chi connectivity index (χ1) is 10.0. The molecule has 2 N–H and O–H groups in total. The van der Waals surface area contributed by atoms with Gasteiger partial charge in [-0.05, 0) is 69.1 Å². The summed E-state index contributed by atoms with van der Waals surface area (Å²) in [6, 6.07) is 9.42. The molecule has 0 heterocycles. The van der Waals surface area contributed by atoms with E-state index in [9.17, 15) is 0 Å². The van der Waals surface area contributed by atoms with E-state index in [1.54, 1.807) is 0 Å². The number of benzene rings is 2. The van der Waals surface area contributed by atoms with Crippen molar-refractivity contribution >= 4 is 53.5 Å². The van der Waals surface area contributed by atoms with Gasteiger partial charge in [0.25, 0.3) is 0 Å². The van der Waals surface area contributed by atoms with E-state index in [-0.39, 0.29) is 0 Å². The summed E-state index contributed by atoms with van der Waals surface area (Å²) >= 11 is 10.4. The lowest BCUT2D eigenvalue weighted by molar-refractivity contribution is 0.283. The molecule has 112 valence electrons. The zero-order valence-corrected chi connectivity index (χ0v) is 16.1. The van der Waals surface area contributed by atoms with Gasteiger partial charge in [0.05, 0.1) is 15.6 Å². The van der Waals surface area contributed by atoms with Gasteiger partial charge in [-0.1, -0.05) is 15.9 Å². The molecule has 0 aliphatic heterocycles. The molecule has 0 spiro atoms. The van der Waals surface area contributed by atoms with Crippen LogP contribution in [-0.2, 0) is 6.61 Å². The fourth-order valence-corrected chi connectivity index (χ4v) is 4.31. The van der Waals surface area contributed by atoms with Gasteiger partial charge in [0, 0.05) is 15.7 Å². The number of ether oxygens (including phenoxy) is 2. The molecule has 0 saturated heterocycles. The van der Waals surface area contributed by atoms with E-state index in [0.29, 0.717) is 18.9 Å². The molecule has 0 aliphatic rings. The predicted molar refractivity (Wildman–Crippen MR) is 95.9 cm³/mol. The summed E-state index contributed by atoms with van der Waals surface area (Å²) in [6.45, 7) is 2.92. The van der Waals surface area contributed by atoms with Crippen molar-refractivity contribution in [3.63, 3.8) is 0 Å². The standard InChI is InChI=1S/C15H14Br3NO2/c1-2-20-14-4-3-11(19)5-9(14)8-21-15-12(17)6-10(16)7-13(15)18/h3-7H,2,8,19H2,1H3. The third-order valence-electron chi connectivity index (χ3n) is 2.72. The molecule has 6 heteroatoms. The molecule has 2 aromatic rings. The largest absolute Gasteiger partial charge is 0.493 e. The van der Waals surface area contributed by atoms with Crippen LogP contribution in [0.25, 0.3) is 0 Å². The van der Waals surface area contributed by atoms with Crippen molar-refractivity contribution in [2.45, 2.75) is 13.5 Å². The average Bonchev–Trinajstić information content (AvgIpc) is 2.40. The summed E-state index contributed by atoms with van der Waals surface area (Å²) in [5.74, 6) is 1.53. The SMILES string of the molecule is CCOc1ccc(N)cc1COc1c(Br)cc(Br)cc1Br. The maximum atomic E-state index is 5.90. The van der Waals surface area contributed by atoms with E-state index in [4.69, 9.17) is 15.2 Å². The van der Waals surface area contributed by atoms with Crippen LogP contribution < -0.4 is 15.2 Å². The van der Waals surface area contributed by atoms with Crippen LogP contribution in [0.15, 0.2) is 43.7 Å². The van der Waals surface area contributed by atoms with E-state index >= 15 is 0 Å². The third kappa shape index (κ3) is 4.37. The Morgan fingerprint density at radius 3 is 2.29 bits per heavy atom. The second-order valence-corrected chi connectivity index (χ2v) is 6.91. The Labute approximate surface area is 149 Å². The minimum atomic E-state index is 0.374. The smallest absolute Gasteiger partial charge is 0.148 e. The number of halogens is 3. The Bertz CT molecular complexity index is 624. The minimum Gasteiger partial charge on any atom is -0.493 e. The summed E-state index contributed by atoms with van der Waals surface area (Å²) in [6.07, 6.45) is 0. The lowest BCUT2D eigenvalue weighted by Crippen LogP contribution is -2.03. The van der Waals surface area contributed by atoms with E-state index in [1.165, 1.54) is 0 Å². The maximum Gasteiger partial charge on any atom is 0.148 e. The van der Waals surface area contributed by atoms with E-state index in [2.05, 4.69) is 47.8 Å². The van der Waals surface area contributed by atoms with Crippen LogP contribution in [0.5, 0.6) is 11.5 Å². The second-order valence-electron chi connectivity index (χ2n) is 4.29. The van der Waals surface area contributed by atoms with Gasteiger partial charge in [0.1, 0.15) is 18.1 Å². The van der Waals surface area contributed by atoms with Crippen molar-refractivity contribution < 1.29 is 9.47 Å². The molecule has 0 aromatic heterocycles. The molecule has 2 aromatic carbocycles. The molecule has 21 heavy (non-hydrogen) atoms. The lowest BCUT2D eigenvalue weighted by atomic mass is 10.2. The number of anilines is 1. The van der Waals surface area contributed by atoms with Crippen LogP contribution >= 0.6 is 47.8 Å². The Hall–Kier alpha value is -0.720. The molecule has 0 fully saturated rings. The van der Waals surface area contributed by atoms with Crippen LogP contribution in [0.2, 0.25) is 0 Å². The molecule has 3 nitrogen and oxygen atoms in total.